The molecule has 106 valence electrons. The van der Waals surface area contributed by atoms with Gasteiger partial charge in [0.1, 0.15) is 5.82 Å². The highest BCUT2D eigenvalue weighted by Crippen LogP contribution is 2.32. The van der Waals surface area contributed by atoms with E-state index in [1.165, 1.54) is 0 Å². The molecule has 1 aromatic heterocycles. The number of nitrogens with zero attached hydrogens (tertiary/aromatic N) is 2. The van der Waals surface area contributed by atoms with Crippen LogP contribution in [0.25, 0.3) is 22.3 Å². The SMILES string of the molecule is CCNc1nc(-c2ccccc2)nc2c(Cl)cc(Cl)cc12. The van der Waals surface area contributed by atoms with Crippen molar-refractivity contribution in [3.63, 3.8) is 0 Å². The second-order valence-electron chi connectivity index (χ2n) is 4.58. The summed E-state index contributed by atoms with van der Waals surface area (Å²) in [5.41, 5.74) is 1.65. The van der Waals surface area contributed by atoms with Gasteiger partial charge in [0.25, 0.3) is 0 Å². The average Bonchev–Trinajstić information content (AvgIpc) is 2.49. The molecular formula is C16H13Cl2N3. The van der Waals surface area contributed by atoms with Gasteiger partial charge in [-0.3, -0.25) is 0 Å². The maximum absolute atomic E-state index is 6.29. The van der Waals surface area contributed by atoms with Crippen molar-refractivity contribution in [1.29, 1.82) is 0 Å². The van der Waals surface area contributed by atoms with E-state index >= 15 is 0 Å². The summed E-state index contributed by atoms with van der Waals surface area (Å²) >= 11 is 12.4. The van der Waals surface area contributed by atoms with Gasteiger partial charge in [0.05, 0.1) is 10.5 Å². The smallest absolute Gasteiger partial charge is 0.162 e. The number of hydrogen-bond acceptors (Lipinski definition) is 3. The Morgan fingerprint density at radius 1 is 1.05 bits per heavy atom. The predicted molar refractivity (Wildman–Crippen MR) is 89.2 cm³/mol. The van der Waals surface area contributed by atoms with E-state index in [0.29, 0.717) is 21.4 Å². The summed E-state index contributed by atoms with van der Waals surface area (Å²) in [4.78, 5) is 9.19. The predicted octanol–water partition coefficient (Wildman–Crippen LogP) is 5.04. The average molecular weight is 318 g/mol. The molecule has 0 spiro atoms. The summed E-state index contributed by atoms with van der Waals surface area (Å²) in [5.74, 6) is 1.38. The highest BCUT2D eigenvalue weighted by molar-refractivity contribution is 6.38. The van der Waals surface area contributed by atoms with E-state index < -0.39 is 0 Å². The van der Waals surface area contributed by atoms with Crippen LogP contribution in [0.15, 0.2) is 42.5 Å². The highest BCUT2D eigenvalue weighted by atomic mass is 35.5. The second-order valence-corrected chi connectivity index (χ2v) is 5.42. The Hall–Kier alpha value is -1.84. The van der Waals surface area contributed by atoms with Gasteiger partial charge in [-0.1, -0.05) is 53.5 Å². The molecular weight excluding hydrogens is 305 g/mol. The Morgan fingerprint density at radius 3 is 2.52 bits per heavy atom. The van der Waals surface area contributed by atoms with Crippen molar-refractivity contribution < 1.29 is 0 Å². The molecule has 1 heterocycles. The van der Waals surface area contributed by atoms with Crippen LogP contribution in [0.2, 0.25) is 10.0 Å². The molecule has 0 aliphatic rings. The lowest BCUT2D eigenvalue weighted by Crippen LogP contribution is -2.03. The van der Waals surface area contributed by atoms with E-state index in [1.807, 2.05) is 43.3 Å². The van der Waals surface area contributed by atoms with E-state index in [-0.39, 0.29) is 0 Å². The molecule has 0 atom stereocenters. The first-order valence-corrected chi connectivity index (χ1v) is 7.40. The zero-order chi connectivity index (χ0) is 14.8. The van der Waals surface area contributed by atoms with E-state index in [1.54, 1.807) is 6.07 Å². The molecule has 0 saturated heterocycles. The van der Waals surface area contributed by atoms with E-state index in [2.05, 4.69) is 15.3 Å². The second kappa shape index (κ2) is 5.88. The highest BCUT2D eigenvalue weighted by Gasteiger charge is 2.12. The third-order valence-electron chi connectivity index (χ3n) is 3.09. The van der Waals surface area contributed by atoms with Gasteiger partial charge in [-0.15, -0.1) is 0 Å². The van der Waals surface area contributed by atoms with Gasteiger partial charge in [-0.25, -0.2) is 9.97 Å². The zero-order valence-corrected chi connectivity index (χ0v) is 12.9. The fourth-order valence-electron chi connectivity index (χ4n) is 2.18. The van der Waals surface area contributed by atoms with Gasteiger partial charge in [-0.2, -0.15) is 0 Å². The van der Waals surface area contributed by atoms with Crippen LogP contribution in [0.3, 0.4) is 0 Å². The van der Waals surface area contributed by atoms with Crippen molar-refractivity contribution in [2.45, 2.75) is 6.92 Å². The van der Waals surface area contributed by atoms with Crippen LogP contribution in [0.1, 0.15) is 6.92 Å². The number of anilines is 1. The van der Waals surface area contributed by atoms with Gasteiger partial charge in [0.15, 0.2) is 5.82 Å². The zero-order valence-electron chi connectivity index (χ0n) is 11.4. The minimum absolute atomic E-state index is 0.524. The van der Waals surface area contributed by atoms with Gasteiger partial charge >= 0.3 is 0 Å². The summed E-state index contributed by atoms with van der Waals surface area (Å²) in [6.07, 6.45) is 0. The van der Waals surface area contributed by atoms with E-state index in [0.717, 1.165) is 23.3 Å². The molecule has 0 aliphatic heterocycles. The van der Waals surface area contributed by atoms with Gasteiger partial charge < -0.3 is 5.32 Å². The van der Waals surface area contributed by atoms with Gasteiger partial charge in [0.2, 0.25) is 0 Å². The third kappa shape index (κ3) is 2.80. The molecule has 21 heavy (non-hydrogen) atoms. The molecule has 2 aromatic carbocycles. The van der Waals surface area contributed by atoms with Crippen LogP contribution in [0.4, 0.5) is 5.82 Å². The Kier molecular flexibility index (Phi) is 3.95. The molecule has 3 rings (SSSR count). The minimum atomic E-state index is 0.524. The molecule has 0 saturated carbocycles. The minimum Gasteiger partial charge on any atom is -0.370 e. The normalized spacial score (nSPS) is 10.8. The molecule has 0 amide bonds. The third-order valence-corrected chi connectivity index (χ3v) is 3.60. The first kappa shape index (κ1) is 14.1. The van der Waals surface area contributed by atoms with Crippen molar-refractivity contribution in [1.82, 2.24) is 9.97 Å². The first-order valence-electron chi connectivity index (χ1n) is 6.65. The summed E-state index contributed by atoms with van der Waals surface area (Å²) in [5, 5.41) is 5.17. The van der Waals surface area contributed by atoms with Gasteiger partial charge in [0, 0.05) is 22.5 Å². The van der Waals surface area contributed by atoms with Crippen molar-refractivity contribution in [3.05, 3.63) is 52.5 Å². The topological polar surface area (TPSA) is 37.8 Å². The Balaban J connectivity index is 2.29. The van der Waals surface area contributed by atoms with Crippen LogP contribution >= 0.6 is 23.2 Å². The lowest BCUT2D eigenvalue weighted by atomic mass is 10.2. The number of rotatable bonds is 3. The Labute approximate surface area is 132 Å². The van der Waals surface area contributed by atoms with Crippen LogP contribution < -0.4 is 5.32 Å². The maximum Gasteiger partial charge on any atom is 0.162 e. The molecule has 0 fully saturated rings. The maximum atomic E-state index is 6.29. The van der Waals surface area contributed by atoms with Crippen LogP contribution in [0, 0.1) is 0 Å². The summed E-state index contributed by atoms with van der Waals surface area (Å²) in [6.45, 7) is 2.77. The van der Waals surface area contributed by atoms with Crippen molar-refractivity contribution >= 4 is 39.9 Å². The largest absolute Gasteiger partial charge is 0.370 e. The monoisotopic (exact) mass is 317 g/mol. The summed E-state index contributed by atoms with van der Waals surface area (Å²) in [6, 6.07) is 13.3. The van der Waals surface area contributed by atoms with Crippen LogP contribution in [-0.2, 0) is 0 Å². The molecule has 3 nitrogen and oxygen atoms in total. The molecule has 5 heteroatoms. The van der Waals surface area contributed by atoms with Crippen molar-refractivity contribution in [2.75, 3.05) is 11.9 Å². The standard InChI is InChI=1S/C16H13Cl2N3/c1-2-19-16-12-8-11(17)9-13(18)14(12)20-15(21-16)10-6-4-3-5-7-10/h3-9H,2H2,1H3,(H,19,20,21). The fourth-order valence-corrected chi connectivity index (χ4v) is 2.71. The van der Waals surface area contributed by atoms with Crippen molar-refractivity contribution in [2.24, 2.45) is 0 Å². The molecule has 0 bridgehead atoms. The Morgan fingerprint density at radius 2 is 1.81 bits per heavy atom. The van der Waals surface area contributed by atoms with Crippen LogP contribution in [-0.4, -0.2) is 16.5 Å². The molecule has 0 unspecified atom stereocenters. The lowest BCUT2D eigenvalue weighted by Gasteiger charge is -2.11. The lowest BCUT2D eigenvalue weighted by molar-refractivity contribution is 1.14. The van der Waals surface area contributed by atoms with Gasteiger partial charge in [-0.05, 0) is 19.1 Å². The number of aromatic nitrogens is 2. The number of fused-ring (bicyclic) bond motifs is 1. The first-order chi connectivity index (χ1) is 10.2. The fraction of sp³-hybridized carbons (Fsp3) is 0.125. The summed E-state index contributed by atoms with van der Waals surface area (Å²) in [7, 11) is 0. The quantitative estimate of drug-likeness (QED) is 0.735. The number of halogens is 2. The Bertz CT molecular complexity index is 788. The van der Waals surface area contributed by atoms with E-state index in [9.17, 15) is 0 Å². The molecule has 0 radical (unpaired) electrons. The number of nitrogens with one attached hydrogen (secondary N) is 1. The van der Waals surface area contributed by atoms with E-state index in [4.69, 9.17) is 23.2 Å². The molecule has 3 aromatic rings. The number of benzene rings is 2. The van der Waals surface area contributed by atoms with Crippen LogP contribution in [0.5, 0.6) is 0 Å². The molecule has 0 aliphatic carbocycles. The summed E-state index contributed by atoms with van der Waals surface area (Å²) < 4.78 is 0. The van der Waals surface area contributed by atoms with Crippen molar-refractivity contribution in [3.8, 4) is 11.4 Å². The molecule has 1 N–H and O–H groups in total. The number of hydrogen-bond donors (Lipinski definition) is 1.